The van der Waals surface area contributed by atoms with Gasteiger partial charge in [0.2, 0.25) is 17.6 Å². The van der Waals surface area contributed by atoms with Gasteiger partial charge in [-0.3, -0.25) is 23.8 Å². The topological polar surface area (TPSA) is 228 Å². The van der Waals surface area contributed by atoms with Crippen molar-refractivity contribution in [3.8, 4) is 21.6 Å². The van der Waals surface area contributed by atoms with E-state index in [1.807, 2.05) is 69.3 Å². The van der Waals surface area contributed by atoms with Crippen LogP contribution in [0, 0.1) is 24.5 Å². The van der Waals surface area contributed by atoms with Crippen LogP contribution in [0.25, 0.3) is 32.6 Å². The summed E-state index contributed by atoms with van der Waals surface area (Å²) in [6, 6.07) is 19.4. The maximum Gasteiger partial charge on any atom is 0.277 e. The molecular formula is C56H60F3N11O8S2. The molecule has 0 radical (unpaired) electrons. The third-order valence-electron chi connectivity index (χ3n) is 15.8. The Labute approximate surface area is 465 Å². The average Bonchev–Trinajstić information content (AvgIpc) is 4.34. The first-order valence-electron chi connectivity index (χ1n) is 26.6. The molecule has 4 aliphatic rings. The number of amides is 2. The number of aromatic amines is 1. The van der Waals surface area contributed by atoms with E-state index in [0.29, 0.717) is 38.2 Å². The predicted molar refractivity (Wildman–Crippen MR) is 296 cm³/mol. The molecule has 4 saturated heterocycles. The van der Waals surface area contributed by atoms with Crippen LogP contribution in [0.15, 0.2) is 95.2 Å². The number of halogens is 3. The van der Waals surface area contributed by atoms with Crippen LogP contribution in [0.5, 0.6) is 0 Å². The van der Waals surface area contributed by atoms with Gasteiger partial charge in [-0.2, -0.15) is 4.41 Å². The first-order chi connectivity index (χ1) is 38.5. The molecule has 8 heterocycles. The van der Waals surface area contributed by atoms with E-state index >= 15 is 8.78 Å². The Morgan fingerprint density at radius 3 is 2.33 bits per heavy atom. The molecule has 24 heteroatoms. The summed E-state index contributed by atoms with van der Waals surface area (Å²) in [5.41, 5.74) is 5.66. The highest BCUT2D eigenvalue weighted by Crippen LogP contribution is 2.37. The SMILES string of the molecule is Cc1ncsc1-c1ccc([C@H](CO)NC(=O)[C@@H]2C[C@@H](O)CN2C(=O)C(c2cc(N3CC(N4CCN(c5ccc(-c6cnc7[nH]cc(C(=O)c8c(F)ccc(N(N9CC[C@@H](F)C9)S(=O)O)c8F)c7c6)cc5)CC4)C3)no2)C(C)C)cc1. The van der Waals surface area contributed by atoms with Crippen LogP contribution in [-0.2, 0) is 20.9 Å². The number of hydrogen-bond acceptors (Lipinski definition) is 15. The fourth-order valence-corrected chi connectivity index (χ4v) is 12.9. The summed E-state index contributed by atoms with van der Waals surface area (Å²) in [6.45, 7) is 9.77. The molecule has 6 atom stereocenters. The second-order valence-electron chi connectivity index (χ2n) is 21.2. The van der Waals surface area contributed by atoms with E-state index < -0.39 is 76.1 Å². The van der Waals surface area contributed by atoms with Crippen LogP contribution in [0.3, 0.4) is 0 Å². The number of aliphatic hydroxyl groups excluding tert-OH is 2. The molecule has 4 aliphatic heterocycles. The first kappa shape index (κ1) is 54.9. The van der Waals surface area contributed by atoms with Crippen molar-refractivity contribution in [2.75, 3.05) is 79.7 Å². The number of likely N-dealkylation sites (tertiary alicyclic amines) is 1. The van der Waals surface area contributed by atoms with Gasteiger partial charge < -0.3 is 39.7 Å². The third-order valence-corrected chi connectivity index (χ3v) is 17.5. The Kier molecular flexibility index (Phi) is 15.7. The fourth-order valence-electron chi connectivity index (χ4n) is 11.4. The maximum atomic E-state index is 16.1. The van der Waals surface area contributed by atoms with Gasteiger partial charge in [0.25, 0.3) is 11.3 Å². The number of ketones is 1. The van der Waals surface area contributed by atoms with Crippen molar-refractivity contribution in [3.05, 3.63) is 130 Å². The second-order valence-corrected chi connectivity index (χ2v) is 22.8. The number of aryl methyl sites for hydroxylation is 1. The summed E-state index contributed by atoms with van der Waals surface area (Å²) in [6.07, 6.45) is 0.854. The molecule has 80 heavy (non-hydrogen) atoms. The zero-order chi connectivity index (χ0) is 56.1. The van der Waals surface area contributed by atoms with Gasteiger partial charge in [0, 0.05) is 105 Å². The molecule has 0 bridgehead atoms. The molecule has 2 amide bonds. The number of anilines is 3. The number of pyridine rings is 1. The zero-order valence-corrected chi connectivity index (χ0v) is 45.7. The monoisotopic (exact) mass is 1140 g/mol. The molecule has 5 N–H and O–H groups in total. The van der Waals surface area contributed by atoms with Crippen LogP contribution >= 0.6 is 11.3 Å². The van der Waals surface area contributed by atoms with Crippen molar-refractivity contribution in [3.63, 3.8) is 0 Å². The van der Waals surface area contributed by atoms with E-state index in [2.05, 4.69) is 40.1 Å². The Balaban J connectivity index is 0.687. The van der Waals surface area contributed by atoms with Gasteiger partial charge in [-0.25, -0.2) is 32.4 Å². The number of nitrogens with zero attached hydrogens (tertiary/aromatic N) is 9. The largest absolute Gasteiger partial charge is 0.394 e. The second kappa shape index (κ2) is 22.8. The molecule has 19 nitrogen and oxygen atoms in total. The van der Waals surface area contributed by atoms with Gasteiger partial charge in [-0.05, 0) is 66.3 Å². The Hall–Kier alpha value is -7.06. The minimum absolute atomic E-state index is 0.0194. The number of hydrazine groups is 1. The molecule has 4 aromatic heterocycles. The standard InChI is InChI=1S/C56H60F3N11O8S2/c1-31(2)49(56(75)69-28-40(72)21-46(69)55(74)63-44(29-71)34-4-6-35(7-5-34)53-32(3)62-30-79-53)47-22-48(64-78-47)67-26-39(27-67)66-18-16-65(17-19-66)38-10-8-33(9-11-38)36-20-41-42(24-61-54(41)60-23-36)52(73)50-43(58)12-13-45(51(50)59)70(80(76)77)68-15-14-37(57)25-68/h4-13,20,22-24,30-31,37,39-40,44,46,49,71-72H,14-19,21,25-29H2,1-3H3,(H,60,61)(H,63,74)(H,76,77)/t37-,40-,44+,46+,49?/m1/s1. The maximum absolute atomic E-state index is 16.1. The van der Waals surface area contributed by atoms with Crippen LogP contribution in [-0.4, -0.2) is 161 Å². The number of rotatable bonds is 17. The van der Waals surface area contributed by atoms with Gasteiger partial charge in [0.1, 0.15) is 35.3 Å². The number of H-pyrrole nitrogens is 1. The van der Waals surface area contributed by atoms with Crippen molar-refractivity contribution in [2.45, 2.75) is 69.9 Å². The number of aromatic nitrogens is 4. The van der Waals surface area contributed by atoms with Crippen LogP contribution in [0.4, 0.5) is 30.4 Å². The van der Waals surface area contributed by atoms with Crippen molar-refractivity contribution < 1.29 is 51.1 Å². The number of carbonyl (C=O) groups excluding carboxylic acids is 3. The molecule has 0 saturated carbocycles. The predicted octanol–water partition coefficient (Wildman–Crippen LogP) is 6.62. The summed E-state index contributed by atoms with van der Waals surface area (Å²) < 4.78 is 74.4. The smallest absolute Gasteiger partial charge is 0.277 e. The number of nitrogens with one attached hydrogen (secondary N) is 2. The number of thiazole rings is 1. The lowest BCUT2D eigenvalue weighted by Gasteiger charge is -2.48. The van der Waals surface area contributed by atoms with Crippen molar-refractivity contribution in [1.29, 1.82) is 0 Å². The molecular weight excluding hydrogens is 1080 g/mol. The molecule has 0 spiro atoms. The number of benzene rings is 3. The normalized spacial score (nSPS) is 20.4. The molecule has 4 fully saturated rings. The lowest BCUT2D eigenvalue weighted by molar-refractivity contribution is -0.141. The quantitative estimate of drug-likeness (QED) is 0.0477. The van der Waals surface area contributed by atoms with Crippen molar-refractivity contribution in [1.82, 2.24) is 40.2 Å². The minimum atomic E-state index is -2.84. The van der Waals surface area contributed by atoms with Gasteiger partial charge in [0.15, 0.2) is 17.4 Å². The Morgan fingerprint density at radius 1 is 0.925 bits per heavy atom. The van der Waals surface area contributed by atoms with Crippen molar-refractivity contribution in [2.24, 2.45) is 5.92 Å². The third kappa shape index (κ3) is 10.7. The van der Waals surface area contributed by atoms with E-state index in [9.17, 15) is 37.7 Å². The van der Waals surface area contributed by atoms with Gasteiger partial charge >= 0.3 is 0 Å². The summed E-state index contributed by atoms with van der Waals surface area (Å²) in [7, 11) is 0. The Morgan fingerprint density at radius 2 is 1.66 bits per heavy atom. The number of alkyl halides is 1. The lowest BCUT2D eigenvalue weighted by Crippen LogP contribution is -2.63. The van der Waals surface area contributed by atoms with Gasteiger partial charge in [0.05, 0.1) is 46.9 Å². The summed E-state index contributed by atoms with van der Waals surface area (Å²) >= 11 is -1.30. The lowest BCUT2D eigenvalue weighted by atomic mass is 9.91. The highest BCUT2D eigenvalue weighted by molar-refractivity contribution is 7.80. The summed E-state index contributed by atoms with van der Waals surface area (Å²) in [5, 5.41) is 29.9. The fraction of sp³-hybridized carbons (Fsp3) is 0.393. The van der Waals surface area contributed by atoms with Crippen molar-refractivity contribution >= 4 is 68.4 Å². The highest BCUT2D eigenvalue weighted by Gasteiger charge is 2.45. The Bertz CT molecular complexity index is 3440. The molecule has 2 unspecified atom stereocenters. The van der Waals surface area contributed by atoms with Gasteiger partial charge in [-0.1, -0.05) is 55.4 Å². The van der Waals surface area contributed by atoms with E-state index in [-0.39, 0.29) is 62.5 Å². The molecule has 420 valence electrons. The summed E-state index contributed by atoms with van der Waals surface area (Å²) in [4.78, 5) is 63.2. The van der Waals surface area contributed by atoms with E-state index in [1.54, 1.807) is 23.8 Å². The zero-order valence-electron chi connectivity index (χ0n) is 44.0. The van der Waals surface area contributed by atoms with Crippen LogP contribution < -0.4 is 19.5 Å². The number of fused-ring (bicyclic) bond motifs is 1. The number of carbonyl (C=O) groups is 3. The number of aliphatic hydroxyl groups is 2. The highest BCUT2D eigenvalue weighted by atomic mass is 32.2. The first-order valence-corrected chi connectivity index (χ1v) is 28.5. The average molecular weight is 1140 g/mol. The molecule has 7 aromatic rings. The number of hydrogen-bond donors (Lipinski definition) is 5. The van der Waals surface area contributed by atoms with Gasteiger partial charge in [-0.15, -0.1) is 11.3 Å². The van der Waals surface area contributed by atoms with Crippen LogP contribution in [0.1, 0.15) is 71.6 Å². The molecule has 0 aliphatic carbocycles. The number of piperazine rings is 1. The minimum Gasteiger partial charge on any atom is -0.394 e. The van der Waals surface area contributed by atoms with E-state index in [1.165, 1.54) is 22.4 Å². The molecule has 3 aromatic carbocycles. The molecule has 11 rings (SSSR count). The number of β-amino-alcohol motifs (C(OH)–C–C–N with tert-alkyl or cyclic N) is 1. The van der Waals surface area contributed by atoms with Crippen LogP contribution in [0.2, 0.25) is 0 Å². The summed E-state index contributed by atoms with van der Waals surface area (Å²) in [5.74, 6) is -4.32. The van der Waals surface area contributed by atoms with E-state index in [0.717, 1.165) is 83.8 Å². The van der Waals surface area contributed by atoms with E-state index in [4.69, 9.17) is 4.52 Å².